The summed E-state index contributed by atoms with van der Waals surface area (Å²) in [5, 5.41) is 7.38. The minimum atomic E-state index is -0.416. The van der Waals surface area contributed by atoms with Gasteiger partial charge >= 0.3 is 0 Å². The number of carbonyl (C=O) groups excluding carboxylic acids is 1. The number of fused-ring (bicyclic) bond motifs is 1. The molecule has 0 radical (unpaired) electrons. The Morgan fingerprint density at radius 1 is 1.38 bits per heavy atom. The molecule has 1 aromatic carbocycles. The number of carbonyl (C=O) groups is 1. The van der Waals surface area contributed by atoms with E-state index in [2.05, 4.69) is 20.4 Å². The number of methoxy groups -OCH3 is 1. The summed E-state index contributed by atoms with van der Waals surface area (Å²) in [6.45, 7) is 2.63. The minimum absolute atomic E-state index is 0.147. The molecule has 8 nitrogen and oxygen atoms in total. The van der Waals surface area contributed by atoms with Gasteiger partial charge in [-0.25, -0.2) is 9.67 Å². The van der Waals surface area contributed by atoms with Crippen molar-refractivity contribution in [2.75, 3.05) is 20.3 Å². The lowest BCUT2D eigenvalue weighted by Gasteiger charge is -2.11. The predicted molar refractivity (Wildman–Crippen MR) is 99.7 cm³/mol. The molecule has 0 saturated carbocycles. The monoisotopic (exact) mass is 373 g/mol. The molecular formula is C17H19N5O3S. The summed E-state index contributed by atoms with van der Waals surface area (Å²) in [5.41, 5.74) is 0.975. The second-order valence-corrected chi connectivity index (χ2v) is 6.87. The van der Waals surface area contributed by atoms with Crippen molar-refractivity contribution >= 4 is 28.7 Å². The normalized spacial score (nSPS) is 12.2. The van der Waals surface area contributed by atoms with Crippen LogP contribution in [0.5, 0.6) is 0 Å². The van der Waals surface area contributed by atoms with Crippen molar-refractivity contribution in [2.24, 2.45) is 0 Å². The Hall–Kier alpha value is -2.65. The number of rotatable bonds is 7. The van der Waals surface area contributed by atoms with E-state index in [1.807, 2.05) is 30.3 Å². The molecule has 0 unspecified atom stereocenters. The zero-order valence-corrected chi connectivity index (χ0v) is 15.2. The number of hydrogen-bond acceptors (Lipinski definition) is 6. The first-order valence-corrected chi connectivity index (χ1v) is 8.95. The molecule has 9 heteroatoms. The van der Waals surface area contributed by atoms with Crippen molar-refractivity contribution in [1.29, 1.82) is 0 Å². The van der Waals surface area contributed by atoms with Gasteiger partial charge in [-0.15, -0.1) is 0 Å². The van der Waals surface area contributed by atoms with E-state index in [1.165, 1.54) is 18.0 Å². The van der Waals surface area contributed by atoms with Crippen molar-refractivity contribution < 1.29 is 9.53 Å². The summed E-state index contributed by atoms with van der Waals surface area (Å²) in [6.07, 6.45) is 1.49. The van der Waals surface area contributed by atoms with Crippen molar-refractivity contribution in [2.45, 2.75) is 17.3 Å². The van der Waals surface area contributed by atoms with E-state index < -0.39 is 5.25 Å². The number of benzene rings is 1. The number of amides is 1. The summed E-state index contributed by atoms with van der Waals surface area (Å²) in [7, 11) is 1.57. The van der Waals surface area contributed by atoms with E-state index in [9.17, 15) is 9.59 Å². The highest BCUT2D eigenvalue weighted by molar-refractivity contribution is 8.00. The van der Waals surface area contributed by atoms with Gasteiger partial charge in [0, 0.05) is 13.7 Å². The number of aromatic nitrogens is 4. The van der Waals surface area contributed by atoms with Crippen LogP contribution in [-0.4, -0.2) is 51.2 Å². The van der Waals surface area contributed by atoms with Gasteiger partial charge in [0.05, 0.1) is 23.7 Å². The van der Waals surface area contributed by atoms with Gasteiger partial charge in [-0.3, -0.25) is 9.59 Å². The average Bonchev–Trinajstić information content (AvgIpc) is 3.07. The quantitative estimate of drug-likeness (QED) is 0.368. The molecular weight excluding hydrogens is 354 g/mol. The highest BCUT2D eigenvalue weighted by atomic mass is 32.2. The average molecular weight is 373 g/mol. The fourth-order valence-corrected chi connectivity index (χ4v) is 3.17. The number of aromatic amines is 1. The molecule has 3 rings (SSSR count). The zero-order chi connectivity index (χ0) is 18.5. The maximum absolute atomic E-state index is 12.3. The number of thioether (sulfide) groups is 1. The third kappa shape index (κ3) is 3.94. The smallest absolute Gasteiger partial charge is 0.262 e. The predicted octanol–water partition coefficient (Wildman–Crippen LogP) is 1.35. The van der Waals surface area contributed by atoms with E-state index in [-0.39, 0.29) is 11.5 Å². The fourth-order valence-electron chi connectivity index (χ4n) is 2.35. The number of hydrogen-bond donors (Lipinski definition) is 2. The number of para-hydroxylation sites is 1. The summed E-state index contributed by atoms with van der Waals surface area (Å²) >= 11 is 1.19. The highest BCUT2D eigenvalue weighted by Crippen LogP contribution is 2.21. The van der Waals surface area contributed by atoms with Crippen molar-refractivity contribution in [3.63, 3.8) is 0 Å². The molecule has 3 aromatic rings. The lowest BCUT2D eigenvalue weighted by atomic mass is 10.3. The van der Waals surface area contributed by atoms with Crippen LogP contribution in [0.1, 0.15) is 6.92 Å². The van der Waals surface area contributed by atoms with E-state index >= 15 is 0 Å². The largest absolute Gasteiger partial charge is 0.383 e. The second-order valence-electron chi connectivity index (χ2n) is 5.54. The van der Waals surface area contributed by atoms with Gasteiger partial charge in [-0.05, 0) is 19.1 Å². The van der Waals surface area contributed by atoms with Gasteiger partial charge in [0.1, 0.15) is 5.39 Å². The molecule has 0 bridgehead atoms. The van der Waals surface area contributed by atoms with Crippen molar-refractivity contribution in [3.8, 4) is 5.69 Å². The summed E-state index contributed by atoms with van der Waals surface area (Å²) in [5.74, 6) is -0.147. The van der Waals surface area contributed by atoms with Crippen LogP contribution >= 0.6 is 11.8 Å². The maximum atomic E-state index is 12.3. The molecule has 136 valence electrons. The number of nitrogens with zero attached hydrogens (tertiary/aromatic N) is 3. The van der Waals surface area contributed by atoms with Gasteiger partial charge in [0.15, 0.2) is 10.8 Å². The van der Waals surface area contributed by atoms with Gasteiger partial charge in [-0.2, -0.15) is 5.10 Å². The minimum Gasteiger partial charge on any atom is -0.383 e. The first-order chi connectivity index (χ1) is 12.6. The summed E-state index contributed by atoms with van der Waals surface area (Å²) in [6, 6.07) is 9.44. The Bertz CT molecular complexity index is 954. The van der Waals surface area contributed by atoms with Crippen molar-refractivity contribution in [3.05, 3.63) is 46.9 Å². The van der Waals surface area contributed by atoms with E-state index in [1.54, 1.807) is 18.7 Å². The molecule has 2 N–H and O–H groups in total. The lowest BCUT2D eigenvalue weighted by Crippen LogP contribution is -2.33. The Morgan fingerprint density at radius 3 is 2.88 bits per heavy atom. The number of H-pyrrole nitrogens is 1. The second kappa shape index (κ2) is 8.15. The lowest BCUT2D eigenvalue weighted by molar-refractivity contribution is -0.120. The molecule has 0 aliphatic rings. The Morgan fingerprint density at radius 2 is 2.15 bits per heavy atom. The Labute approximate surface area is 154 Å². The molecule has 1 amide bonds. The van der Waals surface area contributed by atoms with Crippen molar-refractivity contribution in [1.82, 2.24) is 25.1 Å². The molecule has 0 aliphatic carbocycles. The van der Waals surface area contributed by atoms with Crippen LogP contribution in [0.2, 0.25) is 0 Å². The molecule has 26 heavy (non-hydrogen) atoms. The summed E-state index contributed by atoms with van der Waals surface area (Å²) in [4.78, 5) is 31.6. The first kappa shape index (κ1) is 18.2. The topological polar surface area (TPSA) is 102 Å². The molecule has 1 atom stereocenters. The molecule has 0 spiro atoms. The molecule has 2 aromatic heterocycles. The third-order valence-corrected chi connectivity index (χ3v) is 4.66. The van der Waals surface area contributed by atoms with Gasteiger partial charge < -0.3 is 15.0 Å². The van der Waals surface area contributed by atoms with E-state index in [4.69, 9.17) is 4.74 Å². The zero-order valence-electron chi connectivity index (χ0n) is 14.4. The number of nitrogens with one attached hydrogen (secondary N) is 2. The molecule has 0 aliphatic heterocycles. The fraction of sp³-hybridized carbons (Fsp3) is 0.294. The van der Waals surface area contributed by atoms with Crippen LogP contribution in [0.3, 0.4) is 0 Å². The summed E-state index contributed by atoms with van der Waals surface area (Å²) < 4.78 is 6.52. The van der Waals surface area contributed by atoms with Gasteiger partial charge in [0.25, 0.3) is 5.56 Å². The maximum Gasteiger partial charge on any atom is 0.262 e. The van der Waals surface area contributed by atoms with Crippen LogP contribution < -0.4 is 10.9 Å². The van der Waals surface area contributed by atoms with Gasteiger partial charge in [-0.1, -0.05) is 30.0 Å². The van der Waals surface area contributed by atoms with Gasteiger partial charge in [0.2, 0.25) is 5.91 Å². The SMILES string of the molecule is COCCNC(=O)[C@H](C)Sc1nc2c(cnn2-c2ccccc2)c(=O)[nH]1. The third-order valence-electron chi connectivity index (χ3n) is 3.68. The molecule has 0 fully saturated rings. The Kier molecular flexibility index (Phi) is 5.69. The van der Waals surface area contributed by atoms with E-state index in [0.717, 1.165) is 5.69 Å². The Balaban J connectivity index is 1.86. The van der Waals surface area contributed by atoms with Crippen LogP contribution in [0.4, 0.5) is 0 Å². The van der Waals surface area contributed by atoms with Crippen LogP contribution in [0, 0.1) is 0 Å². The highest BCUT2D eigenvalue weighted by Gasteiger charge is 2.17. The molecule has 0 saturated heterocycles. The first-order valence-electron chi connectivity index (χ1n) is 8.07. The number of ether oxygens (including phenoxy) is 1. The van der Waals surface area contributed by atoms with E-state index in [0.29, 0.717) is 29.3 Å². The van der Waals surface area contributed by atoms with Crippen LogP contribution in [-0.2, 0) is 9.53 Å². The van der Waals surface area contributed by atoms with Crippen LogP contribution in [0.25, 0.3) is 16.7 Å². The molecule has 2 heterocycles. The standard InChI is InChI=1S/C17H19N5O3S/c1-11(15(23)18-8-9-25-2)26-17-20-14-13(16(24)21-17)10-19-22(14)12-6-4-3-5-7-12/h3-7,10-11H,8-9H2,1-2H3,(H,18,23)(H,20,21,24)/t11-/m0/s1. The van der Waals surface area contributed by atoms with Crippen LogP contribution in [0.15, 0.2) is 46.5 Å².